The number of para-hydroxylation sites is 1. The number of thioether (sulfide) groups is 1. The van der Waals surface area contributed by atoms with Crippen LogP contribution in [0, 0.1) is 10.1 Å². The Morgan fingerprint density at radius 1 is 1.50 bits per heavy atom. The first-order chi connectivity index (χ1) is 8.41. The van der Waals surface area contributed by atoms with Crippen molar-refractivity contribution in [2.75, 3.05) is 29.5 Å². The summed E-state index contributed by atoms with van der Waals surface area (Å²) in [6.07, 6.45) is 0. The first-order valence-corrected chi connectivity index (χ1v) is 6.81. The highest BCUT2D eigenvalue weighted by molar-refractivity contribution is 8.00. The zero-order valence-corrected chi connectivity index (χ0v) is 11.4. The van der Waals surface area contributed by atoms with Crippen LogP contribution in [0.15, 0.2) is 18.2 Å². The molecule has 0 spiro atoms. The van der Waals surface area contributed by atoms with Gasteiger partial charge in [-0.3, -0.25) is 10.1 Å². The van der Waals surface area contributed by atoms with E-state index in [1.807, 2.05) is 11.8 Å². The summed E-state index contributed by atoms with van der Waals surface area (Å²) in [5.74, 6) is 0.971. The molecule has 2 rings (SSSR count). The summed E-state index contributed by atoms with van der Waals surface area (Å²) in [6, 6.07) is 5.12. The Bertz CT molecular complexity index is 476. The summed E-state index contributed by atoms with van der Waals surface area (Å²) in [5, 5.41) is 11.1. The Balaban J connectivity index is 2.39. The molecule has 0 aliphatic carbocycles. The largest absolute Gasteiger partial charge is 0.393 e. The molecule has 1 aliphatic rings. The smallest absolute Gasteiger partial charge is 0.315 e. The number of hydrogen-bond acceptors (Lipinski definition) is 5. The molecule has 0 aromatic heterocycles. The third-order valence-electron chi connectivity index (χ3n) is 2.99. The maximum Gasteiger partial charge on any atom is 0.315 e. The number of nitrogens with zero attached hydrogens (tertiary/aromatic N) is 2. The predicted molar refractivity (Wildman–Crippen MR) is 76.3 cm³/mol. The van der Waals surface area contributed by atoms with E-state index < -0.39 is 0 Å². The molecule has 0 atom stereocenters. The SMILES string of the molecule is CC1(C)CN(c2cccc(N)c2[N+](=O)[O-])CCS1. The fourth-order valence-electron chi connectivity index (χ4n) is 2.22. The van der Waals surface area contributed by atoms with Gasteiger partial charge in [0.05, 0.1) is 4.92 Å². The molecule has 18 heavy (non-hydrogen) atoms. The fourth-order valence-corrected chi connectivity index (χ4v) is 3.34. The van der Waals surface area contributed by atoms with Crippen LogP contribution >= 0.6 is 11.8 Å². The maximum atomic E-state index is 11.1. The van der Waals surface area contributed by atoms with Crippen LogP contribution in [0.1, 0.15) is 13.8 Å². The van der Waals surface area contributed by atoms with Crippen LogP contribution in [0.25, 0.3) is 0 Å². The molecule has 1 saturated heterocycles. The van der Waals surface area contributed by atoms with Gasteiger partial charge in [-0.15, -0.1) is 0 Å². The van der Waals surface area contributed by atoms with Crippen molar-refractivity contribution in [3.63, 3.8) is 0 Å². The van der Waals surface area contributed by atoms with E-state index >= 15 is 0 Å². The zero-order valence-electron chi connectivity index (χ0n) is 10.5. The normalized spacial score (nSPS) is 18.7. The van der Waals surface area contributed by atoms with Crippen molar-refractivity contribution >= 4 is 28.8 Å². The molecule has 5 nitrogen and oxygen atoms in total. The van der Waals surface area contributed by atoms with Gasteiger partial charge in [0.1, 0.15) is 11.4 Å². The lowest BCUT2D eigenvalue weighted by molar-refractivity contribution is -0.383. The van der Waals surface area contributed by atoms with Gasteiger partial charge in [-0.05, 0) is 26.0 Å². The van der Waals surface area contributed by atoms with Crippen molar-refractivity contribution in [3.05, 3.63) is 28.3 Å². The van der Waals surface area contributed by atoms with Gasteiger partial charge in [0.15, 0.2) is 0 Å². The zero-order chi connectivity index (χ0) is 13.3. The minimum absolute atomic E-state index is 0.0280. The highest BCUT2D eigenvalue weighted by atomic mass is 32.2. The van der Waals surface area contributed by atoms with Gasteiger partial charge in [0, 0.05) is 23.6 Å². The topological polar surface area (TPSA) is 72.4 Å². The molecule has 0 bridgehead atoms. The molecule has 1 heterocycles. The van der Waals surface area contributed by atoms with Crippen molar-refractivity contribution in [2.45, 2.75) is 18.6 Å². The van der Waals surface area contributed by atoms with Gasteiger partial charge < -0.3 is 10.6 Å². The number of hydrogen-bond donors (Lipinski definition) is 1. The summed E-state index contributed by atoms with van der Waals surface area (Å²) in [7, 11) is 0. The lowest BCUT2D eigenvalue weighted by Crippen LogP contribution is -2.43. The van der Waals surface area contributed by atoms with Gasteiger partial charge in [0.2, 0.25) is 0 Å². The van der Waals surface area contributed by atoms with Crippen LogP contribution < -0.4 is 10.6 Å². The van der Waals surface area contributed by atoms with E-state index in [1.165, 1.54) is 0 Å². The average molecular weight is 267 g/mol. The number of rotatable bonds is 2. The molecule has 2 N–H and O–H groups in total. The van der Waals surface area contributed by atoms with E-state index in [4.69, 9.17) is 5.73 Å². The van der Waals surface area contributed by atoms with E-state index in [-0.39, 0.29) is 21.0 Å². The van der Waals surface area contributed by atoms with E-state index in [1.54, 1.807) is 18.2 Å². The fraction of sp³-hybridized carbons (Fsp3) is 0.500. The Labute approximate surface area is 110 Å². The molecule has 1 aromatic carbocycles. The van der Waals surface area contributed by atoms with E-state index in [0.29, 0.717) is 5.69 Å². The van der Waals surface area contributed by atoms with Crippen LogP contribution in [0.2, 0.25) is 0 Å². The summed E-state index contributed by atoms with van der Waals surface area (Å²) in [4.78, 5) is 12.8. The second-order valence-corrected chi connectivity index (χ2v) is 6.80. The Morgan fingerprint density at radius 3 is 2.83 bits per heavy atom. The average Bonchev–Trinajstić information content (AvgIpc) is 2.26. The van der Waals surface area contributed by atoms with E-state index in [2.05, 4.69) is 18.7 Å². The first-order valence-electron chi connectivity index (χ1n) is 5.82. The monoisotopic (exact) mass is 267 g/mol. The molecule has 1 aromatic rings. The number of benzene rings is 1. The van der Waals surface area contributed by atoms with Crippen molar-refractivity contribution in [3.8, 4) is 0 Å². The molecule has 0 unspecified atom stereocenters. The minimum Gasteiger partial charge on any atom is -0.393 e. The van der Waals surface area contributed by atoms with Gasteiger partial charge in [-0.1, -0.05) is 6.07 Å². The molecule has 6 heteroatoms. The lowest BCUT2D eigenvalue weighted by atomic mass is 10.1. The molecule has 1 aliphatic heterocycles. The Kier molecular flexibility index (Phi) is 3.38. The molecular weight excluding hydrogens is 250 g/mol. The third-order valence-corrected chi connectivity index (χ3v) is 4.29. The van der Waals surface area contributed by atoms with Crippen LogP contribution in [-0.4, -0.2) is 28.5 Å². The van der Waals surface area contributed by atoms with Gasteiger partial charge >= 0.3 is 5.69 Å². The lowest BCUT2D eigenvalue weighted by Gasteiger charge is -2.38. The highest BCUT2D eigenvalue weighted by Gasteiger charge is 2.31. The minimum atomic E-state index is -0.389. The van der Waals surface area contributed by atoms with Gasteiger partial charge in [-0.25, -0.2) is 0 Å². The number of nitro benzene ring substituents is 1. The Hall–Kier alpha value is -1.43. The summed E-state index contributed by atoms with van der Waals surface area (Å²) in [5.41, 5.74) is 6.61. The highest BCUT2D eigenvalue weighted by Crippen LogP contribution is 2.38. The number of nitrogens with two attached hydrogens (primary N) is 1. The van der Waals surface area contributed by atoms with Crippen LogP contribution in [0.3, 0.4) is 0 Å². The van der Waals surface area contributed by atoms with Crippen molar-refractivity contribution in [2.24, 2.45) is 0 Å². The molecule has 0 amide bonds. The van der Waals surface area contributed by atoms with Crippen molar-refractivity contribution in [1.29, 1.82) is 0 Å². The van der Waals surface area contributed by atoms with E-state index in [9.17, 15) is 10.1 Å². The number of nitro groups is 1. The molecule has 0 saturated carbocycles. The standard InChI is InChI=1S/C12H17N3O2S/c1-12(2)8-14(6-7-18-12)10-5-3-4-9(13)11(10)15(16)17/h3-5H,6-8,13H2,1-2H3. The van der Waals surface area contributed by atoms with Crippen molar-refractivity contribution < 1.29 is 4.92 Å². The predicted octanol–water partition coefficient (Wildman–Crippen LogP) is 2.51. The summed E-state index contributed by atoms with van der Waals surface area (Å²) in [6.45, 7) is 5.92. The molecule has 0 radical (unpaired) electrons. The number of anilines is 2. The second-order valence-electron chi connectivity index (χ2n) is 5.00. The summed E-state index contributed by atoms with van der Waals surface area (Å²) >= 11 is 1.89. The van der Waals surface area contributed by atoms with E-state index in [0.717, 1.165) is 18.8 Å². The Morgan fingerprint density at radius 2 is 2.22 bits per heavy atom. The van der Waals surface area contributed by atoms with Gasteiger partial charge in [-0.2, -0.15) is 11.8 Å². The third kappa shape index (κ3) is 2.53. The summed E-state index contributed by atoms with van der Waals surface area (Å²) < 4.78 is 0.108. The quantitative estimate of drug-likeness (QED) is 0.506. The maximum absolute atomic E-state index is 11.1. The van der Waals surface area contributed by atoms with Crippen LogP contribution in [-0.2, 0) is 0 Å². The second kappa shape index (κ2) is 4.68. The molecule has 1 fully saturated rings. The first kappa shape index (κ1) is 13.0. The van der Waals surface area contributed by atoms with Crippen LogP contribution in [0.5, 0.6) is 0 Å². The number of nitrogen functional groups attached to an aromatic ring is 1. The van der Waals surface area contributed by atoms with Gasteiger partial charge in [0.25, 0.3) is 0 Å². The molecule has 98 valence electrons. The van der Waals surface area contributed by atoms with Crippen LogP contribution in [0.4, 0.5) is 17.1 Å². The molecular formula is C12H17N3O2S. The van der Waals surface area contributed by atoms with Crippen molar-refractivity contribution in [1.82, 2.24) is 0 Å².